The van der Waals surface area contributed by atoms with Gasteiger partial charge >= 0.3 is 6.18 Å². The molecule has 0 aliphatic rings. The molecule has 1 atom stereocenters. The number of para-hydroxylation sites is 1. The Kier molecular flexibility index (Phi) is 4.85. The molecular formula is C15H16F3N3O. The molecule has 0 radical (unpaired) electrons. The number of alkyl halides is 3. The van der Waals surface area contributed by atoms with E-state index in [1.807, 2.05) is 30.3 Å². The van der Waals surface area contributed by atoms with Gasteiger partial charge in [-0.05, 0) is 24.6 Å². The predicted molar refractivity (Wildman–Crippen MR) is 75.5 cm³/mol. The van der Waals surface area contributed by atoms with Gasteiger partial charge in [-0.1, -0.05) is 18.2 Å². The van der Waals surface area contributed by atoms with Crippen molar-refractivity contribution in [2.75, 3.05) is 0 Å². The number of rotatable bonds is 5. The number of nitrogens with zero attached hydrogens (tertiary/aromatic N) is 2. The molecule has 2 rings (SSSR count). The third kappa shape index (κ3) is 4.91. The first kappa shape index (κ1) is 16.1. The topological polar surface area (TPSA) is 46.9 Å². The van der Waals surface area contributed by atoms with Crippen LogP contribution in [0.1, 0.15) is 18.9 Å². The summed E-state index contributed by atoms with van der Waals surface area (Å²) in [5.74, 6) is -0.454. The molecule has 1 N–H and O–H groups in total. The smallest absolute Gasteiger partial charge is 0.353 e. The Morgan fingerprint density at radius 3 is 2.64 bits per heavy atom. The zero-order chi connectivity index (χ0) is 16.2. The number of carbonyl (C=O) groups is 1. The summed E-state index contributed by atoms with van der Waals surface area (Å²) < 4.78 is 38.2. The van der Waals surface area contributed by atoms with Crippen molar-refractivity contribution in [3.63, 3.8) is 0 Å². The number of carbonyl (C=O) groups excluding carboxylic acids is 1. The standard InChI is InChI=1S/C15H16F3N3O/c1-11(8-15(16,17)18)20-14(22)7-12-9-19-21(10-12)13-5-3-2-4-6-13/h2-6,9-11H,7-8H2,1H3,(H,20,22). The maximum absolute atomic E-state index is 12.2. The fourth-order valence-electron chi connectivity index (χ4n) is 2.08. The highest BCUT2D eigenvalue weighted by molar-refractivity contribution is 5.78. The Labute approximate surface area is 125 Å². The third-order valence-electron chi connectivity index (χ3n) is 2.97. The molecule has 0 saturated carbocycles. The fraction of sp³-hybridized carbons (Fsp3) is 0.333. The van der Waals surface area contributed by atoms with Crippen molar-refractivity contribution in [1.29, 1.82) is 0 Å². The highest BCUT2D eigenvalue weighted by Gasteiger charge is 2.30. The monoisotopic (exact) mass is 311 g/mol. The first-order chi connectivity index (χ1) is 10.3. The molecule has 7 heteroatoms. The van der Waals surface area contributed by atoms with Gasteiger partial charge in [0.15, 0.2) is 0 Å². The van der Waals surface area contributed by atoms with Gasteiger partial charge in [-0.15, -0.1) is 0 Å². The van der Waals surface area contributed by atoms with Crippen LogP contribution in [0.2, 0.25) is 0 Å². The van der Waals surface area contributed by atoms with Gasteiger partial charge in [0.05, 0.1) is 24.7 Å². The van der Waals surface area contributed by atoms with E-state index in [9.17, 15) is 18.0 Å². The molecule has 0 fully saturated rings. The van der Waals surface area contributed by atoms with Crippen LogP contribution in [0.25, 0.3) is 5.69 Å². The van der Waals surface area contributed by atoms with Gasteiger partial charge < -0.3 is 5.32 Å². The van der Waals surface area contributed by atoms with Crippen LogP contribution in [0.4, 0.5) is 13.2 Å². The molecule has 0 aliphatic carbocycles. The lowest BCUT2D eigenvalue weighted by Crippen LogP contribution is -2.36. The molecule has 0 spiro atoms. The molecule has 1 unspecified atom stereocenters. The maximum atomic E-state index is 12.2. The molecule has 1 aromatic carbocycles. The summed E-state index contributed by atoms with van der Waals surface area (Å²) >= 11 is 0. The Hall–Kier alpha value is -2.31. The average Bonchev–Trinajstić information content (AvgIpc) is 2.85. The molecule has 0 saturated heterocycles. The third-order valence-corrected chi connectivity index (χ3v) is 2.97. The summed E-state index contributed by atoms with van der Waals surface area (Å²) in [6.45, 7) is 1.33. The summed E-state index contributed by atoms with van der Waals surface area (Å²) in [4.78, 5) is 11.7. The number of nitrogens with one attached hydrogen (secondary N) is 1. The van der Waals surface area contributed by atoms with Gasteiger partial charge in [0.1, 0.15) is 0 Å². The van der Waals surface area contributed by atoms with Gasteiger partial charge in [-0.2, -0.15) is 18.3 Å². The number of halogens is 3. The zero-order valence-electron chi connectivity index (χ0n) is 12.0. The van der Waals surface area contributed by atoms with Crippen LogP contribution in [-0.4, -0.2) is 27.9 Å². The van der Waals surface area contributed by atoms with Gasteiger partial charge in [-0.25, -0.2) is 4.68 Å². The molecule has 118 valence electrons. The summed E-state index contributed by atoms with van der Waals surface area (Å²) in [6, 6.07) is 8.38. The number of aromatic nitrogens is 2. The summed E-state index contributed by atoms with van der Waals surface area (Å²) in [7, 11) is 0. The van der Waals surface area contributed by atoms with Crippen molar-refractivity contribution in [1.82, 2.24) is 15.1 Å². The molecule has 0 aliphatic heterocycles. The van der Waals surface area contributed by atoms with Crippen LogP contribution in [0.3, 0.4) is 0 Å². The molecular weight excluding hydrogens is 295 g/mol. The minimum Gasteiger partial charge on any atom is -0.353 e. The van der Waals surface area contributed by atoms with E-state index < -0.39 is 24.5 Å². The fourth-order valence-corrected chi connectivity index (χ4v) is 2.08. The van der Waals surface area contributed by atoms with Crippen molar-refractivity contribution < 1.29 is 18.0 Å². The van der Waals surface area contributed by atoms with E-state index in [2.05, 4.69) is 10.4 Å². The largest absolute Gasteiger partial charge is 0.391 e. The quantitative estimate of drug-likeness (QED) is 0.923. The number of hydrogen-bond acceptors (Lipinski definition) is 2. The number of benzene rings is 1. The van der Waals surface area contributed by atoms with Crippen LogP contribution >= 0.6 is 0 Å². The molecule has 4 nitrogen and oxygen atoms in total. The van der Waals surface area contributed by atoms with E-state index >= 15 is 0 Å². The summed E-state index contributed by atoms with van der Waals surface area (Å²) in [6.07, 6.45) is -2.12. The van der Waals surface area contributed by atoms with E-state index in [-0.39, 0.29) is 6.42 Å². The van der Waals surface area contributed by atoms with E-state index in [1.165, 1.54) is 13.1 Å². The van der Waals surface area contributed by atoms with Crippen molar-refractivity contribution in [3.8, 4) is 5.69 Å². The van der Waals surface area contributed by atoms with Crippen LogP contribution in [0.15, 0.2) is 42.7 Å². The van der Waals surface area contributed by atoms with Gasteiger partial charge in [0.2, 0.25) is 5.91 Å². The second-order valence-corrected chi connectivity index (χ2v) is 5.09. The summed E-state index contributed by atoms with van der Waals surface area (Å²) in [5.41, 5.74) is 1.49. The van der Waals surface area contributed by atoms with Crippen molar-refractivity contribution in [3.05, 3.63) is 48.3 Å². The Bertz CT molecular complexity index is 622. The van der Waals surface area contributed by atoms with Gasteiger partial charge in [-0.3, -0.25) is 4.79 Å². The highest BCUT2D eigenvalue weighted by atomic mass is 19.4. The molecule has 1 heterocycles. The first-order valence-electron chi connectivity index (χ1n) is 6.78. The molecule has 0 bridgehead atoms. The van der Waals surface area contributed by atoms with Crippen molar-refractivity contribution in [2.24, 2.45) is 0 Å². The molecule has 1 aromatic heterocycles. The SMILES string of the molecule is CC(CC(F)(F)F)NC(=O)Cc1cnn(-c2ccccc2)c1. The first-order valence-corrected chi connectivity index (χ1v) is 6.78. The van der Waals surface area contributed by atoms with E-state index in [4.69, 9.17) is 0 Å². The van der Waals surface area contributed by atoms with E-state index in [1.54, 1.807) is 10.9 Å². The van der Waals surface area contributed by atoms with Gasteiger partial charge in [0, 0.05) is 12.2 Å². The predicted octanol–water partition coefficient (Wildman–Crippen LogP) is 2.87. The molecule has 2 aromatic rings. The van der Waals surface area contributed by atoms with Crippen molar-refractivity contribution >= 4 is 5.91 Å². The summed E-state index contributed by atoms with van der Waals surface area (Å²) in [5, 5.41) is 6.47. The molecule has 22 heavy (non-hydrogen) atoms. The zero-order valence-corrected chi connectivity index (χ0v) is 12.0. The van der Waals surface area contributed by atoms with Crippen LogP contribution < -0.4 is 5.32 Å². The number of hydrogen-bond donors (Lipinski definition) is 1. The Morgan fingerprint density at radius 1 is 1.32 bits per heavy atom. The average molecular weight is 311 g/mol. The van der Waals surface area contributed by atoms with E-state index in [0.29, 0.717) is 5.56 Å². The molecule has 1 amide bonds. The second kappa shape index (κ2) is 6.64. The van der Waals surface area contributed by atoms with E-state index in [0.717, 1.165) is 5.69 Å². The minimum atomic E-state index is -4.29. The number of amides is 1. The Balaban J connectivity index is 1.92. The normalized spacial score (nSPS) is 12.9. The van der Waals surface area contributed by atoms with Crippen LogP contribution in [0.5, 0.6) is 0 Å². The van der Waals surface area contributed by atoms with Crippen LogP contribution in [-0.2, 0) is 11.2 Å². The maximum Gasteiger partial charge on any atom is 0.391 e. The van der Waals surface area contributed by atoms with Gasteiger partial charge in [0.25, 0.3) is 0 Å². The van der Waals surface area contributed by atoms with Crippen LogP contribution in [0, 0.1) is 0 Å². The minimum absolute atomic E-state index is 0.00493. The lowest BCUT2D eigenvalue weighted by molar-refractivity contribution is -0.141. The second-order valence-electron chi connectivity index (χ2n) is 5.09. The lowest BCUT2D eigenvalue weighted by atomic mass is 10.2. The van der Waals surface area contributed by atoms with Crippen molar-refractivity contribution in [2.45, 2.75) is 32.0 Å². The lowest BCUT2D eigenvalue weighted by Gasteiger charge is -2.15. The Morgan fingerprint density at radius 2 is 2.00 bits per heavy atom. The highest BCUT2D eigenvalue weighted by Crippen LogP contribution is 2.21.